The highest BCUT2D eigenvalue weighted by molar-refractivity contribution is 6.04. The molecule has 0 aliphatic carbocycles. The average Bonchev–Trinajstić information content (AvgIpc) is 2.75. The summed E-state index contributed by atoms with van der Waals surface area (Å²) < 4.78 is 5.76. The summed E-state index contributed by atoms with van der Waals surface area (Å²) in [5.74, 6) is 0.364. The third-order valence-corrected chi connectivity index (χ3v) is 4.11. The Hall–Kier alpha value is -4.09. The van der Waals surface area contributed by atoms with Gasteiger partial charge in [0.2, 0.25) is 0 Å². The van der Waals surface area contributed by atoms with E-state index >= 15 is 0 Å². The van der Waals surface area contributed by atoms with Gasteiger partial charge in [-0.25, -0.2) is 0 Å². The van der Waals surface area contributed by atoms with E-state index in [4.69, 9.17) is 15.3 Å². The second kappa shape index (κ2) is 9.02. The summed E-state index contributed by atoms with van der Waals surface area (Å²) in [6.45, 7) is 0.465. The molecule has 0 radical (unpaired) electrons. The molecule has 0 heterocycles. The van der Waals surface area contributed by atoms with Gasteiger partial charge in [0.15, 0.2) is 0 Å². The van der Waals surface area contributed by atoms with Crippen molar-refractivity contribution in [2.24, 2.45) is 0 Å². The van der Waals surface area contributed by atoms with E-state index in [0.717, 1.165) is 5.56 Å². The molecule has 0 aliphatic rings. The van der Waals surface area contributed by atoms with Crippen molar-refractivity contribution in [3.05, 3.63) is 95.1 Å². The molecule has 0 saturated heterocycles. The minimum atomic E-state index is -0.248. The minimum Gasteiger partial charge on any atom is -0.493 e. The molecule has 0 aromatic heterocycles. The van der Waals surface area contributed by atoms with Gasteiger partial charge in [-0.3, -0.25) is 4.79 Å². The lowest BCUT2D eigenvalue weighted by Crippen LogP contribution is -2.12. The van der Waals surface area contributed by atoms with Gasteiger partial charge in [-0.2, -0.15) is 10.5 Å². The molecule has 3 aromatic rings. The Balaban J connectivity index is 1.57. The lowest BCUT2D eigenvalue weighted by atomic mass is 10.1. The molecule has 28 heavy (non-hydrogen) atoms. The summed E-state index contributed by atoms with van der Waals surface area (Å²) in [6.07, 6.45) is 0.702. The summed E-state index contributed by atoms with van der Waals surface area (Å²) in [6, 6.07) is 25.2. The second-order valence-electron chi connectivity index (χ2n) is 6.08. The first-order chi connectivity index (χ1) is 13.7. The monoisotopic (exact) mass is 367 g/mol. The van der Waals surface area contributed by atoms with Crippen molar-refractivity contribution in [1.82, 2.24) is 0 Å². The third-order valence-electron chi connectivity index (χ3n) is 4.11. The molecule has 0 fully saturated rings. The van der Waals surface area contributed by atoms with Crippen LogP contribution >= 0.6 is 0 Å². The first kappa shape index (κ1) is 18.7. The molecule has 5 heteroatoms. The zero-order valence-electron chi connectivity index (χ0n) is 15.1. The molecular weight excluding hydrogens is 350 g/mol. The fourth-order valence-electron chi connectivity index (χ4n) is 2.59. The van der Waals surface area contributed by atoms with Crippen LogP contribution in [0.2, 0.25) is 0 Å². The Morgan fingerprint density at radius 1 is 0.893 bits per heavy atom. The fourth-order valence-corrected chi connectivity index (χ4v) is 2.59. The molecule has 1 N–H and O–H groups in total. The Labute approximate surface area is 163 Å². The first-order valence-electron chi connectivity index (χ1n) is 8.71. The molecule has 0 atom stereocenters. The molecule has 3 rings (SSSR count). The molecule has 3 aromatic carbocycles. The Kier molecular flexibility index (Phi) is 6.02. The van der Waals surface area contributed by atoms with Crippen LogP contribution in [0, 0.1) is 22.7 Å². The first-order valence-corrected chi connectivity index (χ1v) is 8.71. The quantitative estimate of drug-likeness (QED) is 0.704. The highest BCUT2D eigenvalue weighted by atomic mass is 16.5. The van der Waals surface area contributed by atoms with Crippen LogP contribution in [-0.4, -0.2) is 12.5 Å². The Bertz CT molecular complexity index is 1040. The van der Waals surface area contributed by atoms with Crippen molar-refractivity contribution in [3.8, 4) is 17.9 Å². The predicted molar refractivity (Wildman–Crippen MR) is 106 cm³/mol. The maximum atomic E-state index is 12.4. The molecule has 136 valence electrons. The number of nitrogens with zero attached hydrogens (tertiary/aromatic N) is 2. The number of hydrogen-bond donors (Lipinski definition) is 1. The number of rotatable bonds is 6. The number of nitrogens with one attached hydrogen (secondary N) is 1. The summed E-state index contributed by atoms with van der Waals surface area (Å²) >= 11 is 0. The second-order valence-corrected chi connectivity index (χ2v) is 6.08. The lowest BCUT2D eigenvalue weighted by Gasteiger charge is -2.09. The molecule has 0 saturated carbocycles. The van der Waals surface area contributed by atoms with Crippen LogP contribution in [-0.2, 0) is 6.42 Å². The lowest BCUT2D eigenvalue weighted by molar-refractivity contribution is 0.102. The van der Waals surface area contributed by atoms with Crippen LogP contribution in [0.15, 0.2) is 72.8 Å². The van der Waals surface area contributed by atoms with E-state index in [1.54, 1.807) is 60.7 Å². The van der Waals surface area contributed by atoms with Gasteiger partial charge >= 0.3 is 0 Å². The summed E-state index contributed by atoms with van der Waals surface area (Å²) in [5.41, 5.74) is 3.35. The van der Waals surface area contributed by atoms with E-state index in [2.05, 4.69) is 11.4 Å². The van der Waals surface area contributed by atoms with E-state index in [1.807, 2.05) is 18.2 Å². The molecule has 5 nitrogen and oxygen atoms in total. The summed E-state index contributed by atoms with van der Waals surface area (Å²) in [5, 5.41) is 20.4. The van der Waals surface area contributed by atoms with Crippen LogP contribution in [0.1, 0.15) is 27.0 Å². The smallest absolute Gasteiger partial charge is 0.255 e. The summed E-state index contributed by atoms with van der Waals surface area (Å²) in [4.78, 5) is 12.4. The van der Waals surface area contributed by atoms with E-state index in [1.165, 1.54) is 0 Å². The van der Waals surface area contributed by atoms with Crippen LogP contribution in [0.25, 0.3) is 0 Å². The number of carbonyl (C=O) groups excluding carboxylic acids is 1. The van der Waals surface area contributed by atoms with Crippen LogP contribution in [0.3, 0.4) is 0 Å². The highest BCUT2D eigenvalue weighted by Gasteiger charge is 2.08. The van der Waals surface area contributed by atoms with Gasteiger partial charge in [0.05, 0.1) is 29.9 Å². The molecular formula is C23H17N3O2. The molecule has 1 amide bonds. The topological polar surface area (TPSA) is 85.9 Å². The van der Waals surface area contributed by atoms with E-state index in [-0.39, 0.29) is 5.91 Å². The molecule has 0 spiro atoms. The van der Waals surface area contributed by atoms with Gasteiger partial charge in [-0.15, -0.1) is 0 Å². The largest absolute Gasteiger partial charge is 0.493 e. The van der Waals surface area contributed by atoms with Crippen LogP contribution in [0.5, 0.6) is 5.75 Å². The molecule has 0 bridgehead atoms. The van der Waals surface area contributed by atoms with Gasteiger partial charge in [-0.05, 0) is 60.2 Å². The van der Waals surface area contributed by atoms with Crippen molar-refractivity contribution in [2.75, 3.05) is 11.9 Å². The highest BCUT2D eigenvalue weighted by Crippen LogP contribution is 2.16. The average molecular weight is 367 g/mol. The van der Waals surface area contributed by atoms with Crippen molar-refractivity contribution in [1.29, 1.82) is 10.5 Å². The number of benzene rings is 3. The number of amides is 1. The Morgan fingerprint density at radius 2 is 1.54 bits per heavy atom. The van der Waals surface area contributed by atoms with Crippen molar-refractivity contribution >= 4 is 11.6 Å². The van der Waals surface area contributed by atoms with Gasteiger partial charge in [0.25, 0.3) is 5.91 Å². The molecule has 0 aliphatic heterocycles. The van der Waals surface area contributed by atoms with E-state index < -0.39 is 0 Å². The van der Waals surface area contributed by atoms with Gasteiger partial charge in [0.1, 0.15) is 5.75 Å². The van der Waals surface area contributed by atoms with Crippen molar-refractivity contribution in [2.45, 2.75) is 6.42 Å². The van der Waals surface area contributed by atoms with E-state index in [0.29, 0.717) is 41.2 Å². The number of carbonyl (C=O) groups is 1. The van der Waals surface area contributed by atoms with E-state index in [9.17, 15) is 4.79 Å². The zero-order chi connectivity index (χ0) is 19.8. The maximum Gasteiger partial charge on any atom is 0.255 e. The normalized spacial score (nSPS) is 9.79. The standard InChI is InChI=1S/C23H17N3O2/c24-15-18-6-4-17(5-7-18)12-13-28-22-3-1-2-20(14-22)23(27)26-21-10-8-19(16-25)9-11-21/h1-11,14H,12-13H2,(H,26,27). The van der Waals surface area contributed by atoms with Crippen molar-refractivity contribution < 1.29 is 9.53 Å². The van der Waals surface area contributed by atoms with Crippen molar-refractivity contribution in [3.63, 3.8) is 0 Å². The fraction of sp³-hybridized carbons (Fsp3) is 0.0870. The van der Waals surface area contributed by atoms with Crippen LogP contribution < -0.4 is 10.1 Å². The Morgan fingerprint density at radius 3 is 2.18 bits per heavy atom. The third kappa shape index (κ3) is 4.97. The number of nitriles is 2. The van der Waals surface area contributed by atoms with Crippen LogP contribution in [0.4, 0.5) is 5.69 Å². The minimum absolute atomic E-state index is 0.248. The summed E-state index contributed by atoms with van der Waals surface area (Å²) in [7, 11) is 0. The molecule has 0 unspecified atom stereocenters. The SMILES string of the molecule is N#Cc1ccc(CCOc2cccc(C(=O)Nc3ccc(C#N)cc3)c2)cc1. The van der Waals surface area contributed by atoms with Gasteiger partial charge < -0.3 is 10.1 Å². The zero-order valence-corrected chi connectivity index (χ0v) is 15.1. The predicted octanol–water partition coefficient (Wildman–Crippen LogP) is 4.30. The number of anilines is 1. The van der Waals surface area contributed by atoms with Gasteiger partial charge in [0, 0.05) is 17.7 Å². The number of hydrogen-bond acceptors (Lipinski definition) is 4. The maximum absolute atomic E-state index is 12.4. The van der Waals surface area contributed by atoms with Gasteiger partial charge in [-0.1, -0.05) is 18.2 Å². The number of ether oxygens (including phenoxy) is 1.